The summed E-state index contributed by atoms with van der Waals surface area (Å²) in [6, 6.07) is 17.2. The number of halogens is 1. The molecule has 3 aromatic carbocycles. The number of sulfonamides is 1. The number of likely N-dealkylation sites (N-methyl/N-ethyl adjacent to an activating group) is 1. The van der Waals surface area contributed by atoms with Gasteiger partial charge in [-0.2, -0.15) is 0 Å². The Bertz CT molecular complexity index is 1350. The molecule has 0 radical (unpaired) electrons. The lowest BCUT2D eigenvalue weighted by Crippen LogP contribution is -2.46. The number of rotatable bonds is 8. The van der Waals surface area contributed by atoms with Gasteiger partial charge < -0.3 is 10.2 Å². The molecule has 0 aromatic heterocycles. The van der Waals surface area contributed by atoms with Gasteiger partial charge in [0.2, 0.25) is 11.8 Å². The minimum absolute atomic E-state index is 0.0874. The van der Waals surface area contributed by atoms with Gasteiger partial charge in [0.15, 0.2) is 0 Å². The van der Waals surface area contributed by atoms with E-state index in [0.717, 1.165) is 10.9 Å². The van der Waals surface area contributed by atoms with E-state index in [-0.39, 0.29) is 31.3 Å². The number of hydrogen-bond donors (Lipinski definition) is 1. The second-order valence-corrected chi connectivity index (χ2v) is 10.5. The van der Waals surface area contributed by atoms with E-state index in [2.05, 4.69) is 5.32 Å². The molecule has 1 heterocycles. The zero-order valence-electron chi connectivity index (χ0n) is 19.0. The number of benzene rings is 3. The zero-order valence-corrected chi connectivity index (χ0v) is 20.6. The van der Waals surface area contributed by atoms with Crippen LogP contribution in [0.25, 0.3) is 10.8 Å². The van der Waals surface area contributed by atoms with E-state index in [0.29, 0.717) is 27.4 Å². The lowest BCUT2D eigenvalue weighted by molar-refractivity contribution is -0.140. The monoisotopic (exact) mass is 499 g/mol. The summed E-state index contributed by atoms with van der Waals surface area (Å²) in [5.74, 6) is -0.534. The maximum absolute atomic E-state index is 13.2. The van der Waals surface area contributed by atoms with E-state index in [1.54, 1.807) is 37.3 Å². The molecule has 2 amide bonds. The molecule has 1 atom stereocenters. The molecule has 0 unspecified atom stereocenters. The van der Waals surface area contributed by atoms with Crippen LogP contribution in [0.1, 0.15) is 25.3 Å². The molecule has 1 aliphatic rings. The first kappa shape index (κ1) is 24.0. The van der Waals surface area contributed by atoms with E-state index in [1.807, 2.05) is 30.3 Å². The maximum Gasteiger partial charge on any atom is 0.265 e. The zero-order chi connectivity index (χ0) is 24.5. The van der Waals surface area contributed by atoms with Crippen LogP contribution >= 0.6 is 11.6 Å². The molecule has 34 heavy (non-hydrogen) atoms. The molecular formula is C25H26ClN3O4S. The van der Waals surface area contributed by atoms with Gasteiger partial charge in [-0.05, 0) is 42.5 Å². The van der Waals surface area contributed by atoms with E-state index in [4.69, 9.17) is 11.6 Å². The van der Waals surface area contributed by atoms with Gasteiger partial charge in [-0.3, -0.25) is 13.9 Å². The molecule has 4 rings (SSSR count). The maximum atomic E-state index is 13.2. The lowest BCUT2D eigenvalue weighted by Gasteiger charge is -2.29. The Morgan fingerprint density at radius 1 is 1.06 bits per heavy atom. The molecule has 0 spiro atoms. The van der Waals surface area contributed by atoms with Crippen molar-refractivity contribution in [3.63, 3.8) is 0 Å². The van der Waals surface area contributed by atoms with Gasteiger partial charge in [-0.1, -0.05) is 54.1 Å². The van der Waals surface area contributed by atoms with Gasteiger partial charge in [0.1, 0.15) is 6.04 Å². The third kappa shape index (κ3) is 4.35. The average molecular weight is 500 g/mol. The van der Waals surface area contributed by atoms with Crippen molar-refractivity contribution in [2.24, 2.45) is 0 Å². The topological polar surface area (TPSA) is 86.8 Å². The van der Waals surface area contributed by atoms with E-state index in [9.17, 15) is 18.0 Å². The molecule has 1 N–H and O–H groups in total. The minimum Gasteiger partial charge on any atom is -0.357 e. The van der Waals surface area contributed by atoms with Gasteiger partial charge >= 0.3 is 0 Å². The first-order chi connectivity index (χ1) is 16.3. The van der Waals surface area contributed by atoms with Crippen molar-refractivity contribution in [3.05, 3.63) is 71.2 Å². The molecule has 3 aromatic rings. The summed E-state index contributed by atoms with van der Waals surface area (Å²) in [4.78, 5) is 27.3. The van der Waals surface area contributed by atoms with Crippen LogP contribution < -0.4 is 9.62 Å². The van der Waals surface area contributed by atoms with E-state index < -0.39 is 16.1 Å². The van der Waals surface area contributed by atoms with Crippen molar-refractivity contribution >= 4 is 49.9 Å². The molecule has 0 saturated heterocycles. The molecule has 9 heteroatoms. The summed E-state index contributed by atoms with van der Waals surface area (Å²) in [6.45, 7) is 2.01. The molecule has 0 aliphatic carbocycles. The number of carbonyl (C=O) groups is 2. The van der Waals surface area contributed by atoms with Crippen LogP contribution in [0.2, 0.25) is 5.02 Å². The van der Waals surface area contributed by atoms with Gasteiger partial charge in [-0.25, -0.2) is 8.42 Å². The van der Waals surface area contributed by atoms with Crippen molar-refractivity contribution in [2.75, 3.05) is 17.9 Å². The van der Waals surface area contributed by atoms with Crippen LogP contribution in [0.15, 0.2) is 65.6 Å². The van der Waals surface area contributed by atoms with Crippen molar-refractivity contribution in [1.82, 2.24) is 10.2 Å². The Kier molecular flexibility index (Phi) is 6.81. The van der Waals surface area contributed by atoms with Crippen LogP contribution in [0.5, 0.6) is 0 Å². The smallest absolute Gasteiger partial charge is 0.265 e. The predicted molar refractivity (Wildman–Crippen MR) is 133 cm³/mol. The Morgan fingerprint density at radius 2 is 1.76 bits per heavy atom. The Labute approximate surface area is 204 Å². The van der Waals surface area contributed by atoms with Gasteiger partial charge in [0, 0.05) is 37.0 Å². The van der Waals surface area contributed by atoms with Crippen molar-refractivity contribution in [3.8, 4) is 0 Å². The second-order valence-electron chi connectivity index (χ2n) is 8.22. The number of hydrogen-bond acceptors (Lipinski definition) is 4. The molecule has 1 aliphatic heterocycles. The van der Waals surface area contributed by atoms with Crippen molar-refractivity contribution in [1.29, 1.82) is 0 Å². The Balaban J connectivity index is 1.51. The minimum atomic E-state index is -3.68. The van der Waals surface area contributed by atoms with E-state index in [1.165, 1.54) is 16.3 Å². The van der Waals surface area contributed by atoms with Gasteiger partial charge in [-0.15, -0.1) is 0 Å². The molecule has 7 nitrogen and oxygen atoms in total. The van der Waals surface area contributed by atoms with Crippen LogP contribution in [-0.4, -0.2) is 44.8 Å². The Morgan fingerprint density at radius 3 is 2.47 bits per heavy atom. The fraction of sp³-hybridized carbons (Fsp3) is 0.280. The highest BCUT2D eigenvalue weighted by atomic mass is 35.5. The highest BCUT2D eigenvalue weighted by Crippen LogP contribution is 2.42. The normalized spacial score (nSPS) is 14.7. The van der Waals surface area contributed by atoms with Crippen LogP contribution in [-0.2, 0) is 26.2 Å². The quantitative estimate of drug-likeness (QED) is 0.508. The SMILES string of the molecule is CNC(=O)[C@@H](C)N(Cc1ccccc1Cl)C(=O)CCCN1c2cccc3cccc(c23)S1(=O)=O. The summed E-state index contributed by atoms with van der Waals surface area (Å²) in [7, 11) is -2.16. The highest BCUT2D eigenvalue weighted by Gasteiger charge is 2.35. The molecule has 178 valence electrons. The third-order valence-corrected chi connectivity index (χ3v) is 8.37. The highest BCUT2D eigenvalue weighted by molar-refractivity contribution is 7.93. The van der Waals surface area contributed by atoms with Crippen LogP contribution in [0, 0.1) is 0 Å². The summed E-state index contributed by atoms with van der Waals surface area (Å²) >= 11 is 6.28. The molecule has 0 saturated carbocycles. The Hall–Kier alpha value is -3.10. The summed E-state index contributed by atoms with van der Waals surface area (Å²) in [5, 5.41) is 4.67. The number of nitrogens with one attached hydrogen (secondary N) is 1. The largest absolute Gasteiger partial charge is 0.357 e. The van der Waals surface area contributed by atoms with E-state index >= 15 is 0 Å². The van der Waals surface area contributed by atoms with Gasteiger partial charge in [0.25, 0.3) is 10.0 Å². The fourth-order valence-corrected chi connectivity index (χ4v) is 6.26. The second kappa shape index (κ2) is 9.64. The van der Waals surface area contributed by atoms with Crippen molar-refractivity contribution in [2.45, 2.75) is 37.2 Å². The van der Waals surface area contributed by atoms with Crippen molar-refractivity contribution < 1.29 is 18.0 Å². The lowest BCUT2D eigenvalue weighted by atomic mass is 10.1. The number of amides is 2. The number of carbonyl (C=O) groups excluding carboxylic acids is 2. The summed E-state index contributed by atoms with van der Waals surface area (Å²) < 4.78 is 27.7. The van der Waals surface area contributed by atoms with Gasteiger partial charge in [0.05, 0.1) is 10.6 Å². The number of nitrogens with zero attached hydrogens (tertiary/aromatic N) is 2. The first-order valence-corrected chi connectivity index (χ1v) is 12.9. The van der Waals surface area contributed by atoms with Crippen LogP contribution in [0.4, 0.5) is 5.69 Å². The molecule has 0 bridgehead atoms. The summed E-state index contributed by atoms with van der Waals surface area (Å²) in [6.07, 6.45) is 0.395. The first-order valence-electron chi connectivity index (χ1n) is 11.0. The third-order valence-electron chi connectivity index (χ3n) is 6.15. The standard InChI is InChI=1S/C25H26ClN3O4S/c1-17(25(31)27-2)28(16-19-8-3-4-11-20(19)26)23(30)14-7-15-29-21-12-5-9-18-10-6-13-22(24(18)21)34(29,32)33/h3-6,8-13,17H,7,14-16H2,1-2H3,(H,27,31)/t17-/m1/s1. The summed E-state index contributed by atoms with van der Waals surface area (Å²) in [5.41, 5.74) is 1.37. The fourth-order valence-electron chi connectivity index (χ4n) is 4.32. The predicted octanol–water partition coefficient (Wildman–Crippen LogP) is 3.95. The molecule has 0 fully saturated rings. The van der Waals surface area contributed by atoms with Crippen LogP contribution in [0.3, 0.4) is 0 Å². The number of anilines is 1. The average Bonchev–Trinajstić information content (AvgIpc) is 3.05. The molecular weight excluding hydrogens is 474 g/mol.